The first kappa shape index (κ1) is 12.9. The Morgan fingerprint density at radius 3 is 2.80 bits per heavy atom. The van der Waals surface area contributed by atoms with Crippen LogP contribution >= 0.6 is 0 Å². The molecule has 2 unspecified atom stereocenters. The van der Waals surface area contributed by atoms with Crippen molar-refractivity contribution in [3.63, 3.8) is 0 Å². The topological polar surface area (TPSA) is 38.7 Å². The monoisotopic (exact) mass is 215 g/mol. The number of piperazine rings is 1. The standard InChI is InChI=1S/C11H25N3O/c1-4-12-7-11(15)9-14-6-5-13(3)8-10(14)2/h10-12,15H,4-9H2,1-3H3. The van der Waals surface area contributed by atoms with Gasteiger partial charge in [0.15, 0.2) is 0 Å². The summed E-state index contributed by atoms with van der Waals surface area (Å²) in [4.78, 5) is 4.72. The van der Waals surface area contributed by atoms with Gasteiger partial charge in [-0.05, 0) is 20.5 Å². The smallest absolute Gasteiger partial charge is 0.0791 e. The van der Waals surface area contributed by atoms with Gasteiger partial charge in [0.2, 0.25) is 0 Å². The minimum absolute atomic E-state index is 0.240. The molecule has 2 atom stereocenters. The first-order valence-corrected chi connectivity index (χ1v) is 5.94. The van der Waals surface area contributed by atoms with Crippen LogP contribution in [0.5, 0.6) is 0 Å². The van der Waals surface area contributed by atoms with E-state index in [1.807, 2.05) is 0 Å². The molecule has 0 spiro atoms. The van der Waals surface area contributed by atoms with Gasteiger partial charge in [-0.15, -0.1) is 0 Å². The molecular weight excluding hydrogens is 190 g/mol. The maximum Gasteiger partial charge on any atom is 0.0791 e. The molecule has 1 aliphatic rings. The highest BCUT2D eigenvalue weighted by molar-refractivity contribution is 4.79. The molecule has 0 aliphatic carbocycles. The zero-order valence-corrected chi connectivity index (χ0v) is 10.2. The number of β-amino-alcohol motifs (C(OH)–C–C–N with tert-alkyl or cyclic N) is 1. The number of aliphatic hydroxyl groups is 1. The summed E-state index contributed by atoms with van der Waals surface area (Å²) in [6.45, 7) is 10.0. The van der Waals surface area contributed by atoms with Gasteiger partial charge in [-0.25, -0.2) is 0 Å². The summed E-state index contributed by atoms with van der Waals surface area (Å²) < 4.78 is 0. The van der Waals surface area contributed by atoms with Gasteiger partial charge in [0.05, 0.1) is 6.10 Å². The second kappa shape index (κ2) is 6.43. The Morgan fingerprint density at radius 2 is 2.20 bits per heavy atom. The lowest BCUT2D eigenvalue weighted by atomic mass is 10.2. The van der Waals surface area contributed by atoms with E-state index in [-0.39, 0.29) is 6.10 Å². The molecule has 0 amide bonds. The fourth-order valence-electron chi connectivity index (χ4n) is 2.09. The Bertz CT molecular complexity index is 177. The number of hydrogen-bond donors (Lipinski definition) is 2. The Balaban J connectivity index is 2.25. The Hall–Kier alpha value is -0.160. The van der Waals surface area contributed by atoms with Gasteiger partial charge in [0.1, 0.15) is 0 Å². The summed E-state index contributed by atoms with van der Waals surface area (Å²) in [5, 5.41) is 13.0. The van der Waals surface area contributed by atoms with Gasteiger partial charge in [-0.3, -0.25) is 4.90 Å². The fourth-order valence-corrected chi connectivity index (χ4v) is 2.09. The summed E-state index contributed by atoms with van der Waals surface area (Å²) >= 11 is 0. The highest BCUT2D eigenvalue weighted by Crippen LogP contribution is 2.07. The maximum atomic E-state index is 9.80. The third kappa shape index (κ3) is 4.47. The largest absolute Gasteiger partial charge is 0.390 e. The highest BCUT2D eigenvalue weighted by Gasteiger charge is 2.22. The molecule has 15 heavy (non-hydrogen) atoms. The van der Waals surface area contributed by atoms with Crippen LogP contribution in [0.25, 0.3) is 0 Å². The number of nitrogens with zero attached hydrogens (tertiary/aromatic N) is 2. The van der Waals surface area contributed by atoms with E-state index in [1.54, 1.807) is 0 Å². The van der Waals surface area contributed by atoms with Crippen molar-refractivity contribution in [1.82, 2.24) is 15.1 Å². The normalized spacial score (nSPS) is 26.8. The van der Waals surface area contributed by atoms with Crippen LogP contribution in [-0.2, 0) is 0 Å². The van der Waals surface area contributed by atoms with E-state index in [0.717, 1.165) is 32.7 Å². The number of rotatable bonds is 5. The molecule has 90 valence electrons. The van der Waals surface area contributed by atoms with Gasteiger partial charge < -0.3 is 15.3 Å². The van der Waals surface area contributed by atoms with Crippen LogP contribution in [0.2, 0.25) is 0 Å². The quantitative estimate of drug-likeness (QED) is 0.654. The van der Waals surface area contributed by atoms with Gasteiger partial charge in [-0.2, -0.15) is 0 Å². The molecule has 2 N–H and O–H groups in total. The SMILES string of the molecule is CCNCC(O)CN1CCN(C)CC1C. The highest BCUT2D eigenvalue weighted by atomic mass is 16.3. The summed E-state index contributed by atoms with van der Waals surface area (Å²) in [5.74, 6) is 0. The molecule has 1 heterocycles. The number of likely N-dealkylation sites (N-methyl/N-ethyl adjacent to an activating group) is 2. The molecule has 0 aromatic carbocycles. The molecule has 1 rings (SSSR count). The molecule has 0 saturated carbocycles. The van der Waals surface area contributed by atoms with Gasteiger partial charge >= 0.3 is 0 Å². The van der Waals surface area contributed by atoms with Crippen LogP contribution in [0.15, 0.2) is 0 Å². The van der Waals surface area contributed by atoms with Crippen LogP contribution in [0.1, 0.15) is 13.8 Å². The lowest BCUT2D eigenvalue weighted by Gasteiger charge is -2.39. The molecular formula is C11H25N3O. The van der Waals surface area contributed by atoms with E-state index in [0.29, 0.717) is 12.6 Å². The molecule has 1 saturated heterocycles. The molecule has 0 aromatic heterocycles. The zero-order valence-electron chi connectivity index (χ0n) is 10.2. The molecule has 4 nitrogen and oxygen atoms in total. The Labute approximate surface area is 93.2 Å². The van der Waals surface area contributed by atoms with E-state index >= 15 is 0 Å². The molecule has 1 fully saturated rings. The average molecular weight is 215 g/mol. The van der Waals surface area contributed by atoms with E-state index < -0.39 is 0 Å². The van der Waals surface area contributed by atoms with Gasteiger partial charge in [-0.1, -0.05) is 6.92 Å². The van der Waals surface area contributed by atoms with Crippen LogP contribution in [0, 0.1) is 0 Å². The first-order chi connectivity index (χ1) is 7.13. The summed E-state index contributed by atoms with van der Waals surface area (Å²) in [6, 6.07) is 0.556. The van der Waals surface area contributed by atoms with Crippen molar-refractivity contribution in [3.05, 3.63) is 0 Å². The van der Waals surface area contributed by atoms with Crippen molar-refractivity contribution in [1.29, 1.82) is 0 Å². The van der Waals surface area contributed by atoms with Crippen LogP contribution < -0.4 is 5.32 Å². The first-order valence-electron chi connectivity index (χ1n) is 5.94. The number of aliphatic hydroxyl groups excluding tert-OH is 1. The minimum atomic E-state index is -0.240. The van der Waals surface area contributed by atoms with Gasteiger partial charge in [0, 0.05) is 38.8 Å². The maximum absolute atomic E-state index is 9.80. The third-order valence-electron chi connectivity index (χ3n) is 3.04. The minimum Gasteiger partial charge on any atom is -0.390 e. The molecule has 0 bridgehead atoms. The summed E-state index contributed by atoms with van der Waals surface area (Å²) in [6.07, 6.45) is -0.240. The number of nitrogens with one attached hydrogen (secondary N) is 1. The predicted octanol–water partition coefficient (Wildman–Crippen LogP) is -0.407. The lowest BCUT2D eigenvalue weighted by molar-refractivity contribution is 0.0481. The zero-order chi connectivity index (χ0) is 11.3. The van der Waals surface area contributed by atoms with Crippen LogP contribution in [-0.4, -0.2) is 73.4 Å². The van der Waals surface area contributed by atoms with E-state index in [2.05, 4.69) is 36.0 Å². The van der Waals surface area contributed by atoms with Crippen molar-refractivity contribution < 1.29 is 5.11 Å². The number of hydrogen-bond acceptors (Lipinski definition) is 4. The Kier molecular flexibility index (Phi) is 5.53. The van der Waals surface area contributed by atoms with Crippen molar-refractivity contribution in [2.45, 2.75) is 26.0 Å². The van der Waals surface area contributed by atoms with E-state index in [1.165, 1.54) is 0 Å². The van der Waals surface area contributed by atoms with Crippen LogP contribution in [0.3, 0.4) is 0 Å². The fraction of sp³-hybridized carbons (Fsp3) is 1.00. The third-order valence-corrected chi connectivity index (χ3v) is 3.04. The predicted molar refractivity (Wildman–Crippen MR) is 63.1 cm³/mol. The average Bonchev–Trinajstić information content (AvgIpc) is 2.19. The molecule has 4 heteroatoms. The molecule has 0 aromatic rings. The summed E-state index contributed by atoms with van der Waals surface area (Å²) in [7, 11) is 2.16. The molecule has 0 radical (unpaired) electrons. The van der Waals surface area contributed by atoms with Gasteiger partial charge in [0.25, 0.3) is 0 Å². The summed E-state index contributed by atoms with van der Waals surface area (Å²) in [5.41, 5.74) is 0. The van der Waals surface area contributed by atoms with E-state index in [4.69, 9.17) is 0 Å². The van der Waals surface area contributed by atoms with Crippen molar-refractivity contribution in [2.75, 3.05) is 46.3 Å². The second-order valence-corrected chi connectivity index (χ2v) is 4.57. The van der Waals surface area contributed by atoms with E-state index in [9.17, 15) is 5.11 Å². The van der Waals surface area contributed by atoms with Crippen molar-refractivity contribution in [2.24, 2.45) is 0 Å². The van der Waals surface area contributed by atoms with Crippen molar-refractivity contribution in [3.8, 4) is 0 Å². The van der Waals surface area contributed by atoms with Crippen molar-refractivity contribution >= 4 is 0 Å². The second-order valence-electron chi connectivity index (χ2n) is 4.57. The lowest BCUT2D eigenvalue weighted by Crippen LogP contribution is -2.53. The van der Waals surface area contributed by atoms with Crippen LogP contribution in [0.4, 0.5) is 0 Å². The Morgan fingerprint density at radius 1 is 1.47 bits per heavy atom. The molecule has 1 aliphatic heterocycles.